The number of carboxylic acids is 1. The highest BCUT2D eigenvalue weighted by molar-refractivity contribution is 8.03. The molecule has 1 amide bonds. The van der Waals surface area contributed by atoms with Gasteiger partial charge in [0, 0.05) is 22.8 Å². The van der Waals surface area contributed by atoms with Crippen molar-refractivity contribution >= 4 is 41.1 Å². The highest BCUT2D eigenvalue weighted by atomic mass is 32.2. The van der Waals surface area contributed by atoms with Crippen LogP contribution in [0.2, 0.25) is 0 Å². The van der Waals surface area contributed by atoms with Gasteiger partial charge in [0.2, 0.25) is 5.91 Å². The molecule has 28 heavy (non-hydrogen) atoms. The van der Waals surface area contributed by atoms with Crippen molar-refractivity contribution in [3.63, 3.8) is 0 Å². The lowest BCUT2D eigenvalue weighted by Gasteiger charge is -2.48. The van der Waals surface area contributed by atoms with Crippen molar-refractivity contribution < 1.29 is 19.8 Å². The number of nitrogens with two attached hydrogens (primary N) is 1. The summed E-state index contributed by atoms with van der Waals surface area (Å²) in [5.74, 6) is 0.103. The first-order valence-corrected chi connectivity index (χ1v) is 10.6. The lowest BCUT2D eigenvalue weighted by molar-refractivity contribution is -0.147. The number of hydrogen-bond donors (Lipinski definition) is 4. The van der Waals surface area contributed by atoms with Crippen LogP contribution in [0.3, 0.4) is 0 Å². The van der Waals surface area contributed by atoms with Crippen molar-refractivity contribution in [3.05, 3.63) is 33.9 Å². The SMILES string of the molecule is CC1=NC2=CN(CO)NN2C(SCC2=C(C(=O)O)N3C(=O)C(N)[C@H]3SC2)=C1C. The molecule has 0 aromatic carbocycles. The predicted molar refractivity (Wildman–Crippen MR) is 106 cm³/mol. The maximum Gasteiger partial charge on any atom is 0.352 e. The van der Waals surface area contributed by atoms with Gasteiger partial charge in [-0.15, -0.1) is 29.1 Å². The average molecular weight is 425 g/mol. The standard InChI is InChI=1S/C16H20N6O4S2/c1-7-8(2)18-10-3-20(6-23)19-22(10)14(7)27-4-9-5-28-15-11(17)13(24)21(15)12(9)16(25)26/h3,11,15,19,23H,4-6,17H2,1-2H3,(H,25,26)/t11?,15-/m1/s1. The van der Waals surface area contributed by atoms with E-state index in [4.69, 9.17) is 5.73 Å². The van der Waals surface area contributed by atoms with Gasteiger partial charge in [-0.1, -0.05) is 0 Å². The summed E-state index contributed by atoms with van der Waals surface area (Å²) >= 11 is 2.95. The molecule has 4 rings (SSSR count). The Morgan fingerprint density at radius 2 is 2.25 bits per heavy atom. The molecule has 4 aliphatic rings. The Kier molecular flexibility index (Phi) is 4.91. The summed E-state index contributed by atoms with van der Waals surface area (Å²) in [4.78, 5) is 29.7. The van der Waals surface area contributed by atoms with E-state index in [1.54, 1.807) is 11.2 Å². The number of carbonyl (C=O) groups excluding carboxylic acids is 1. The summed E-state index contributed by atoms with van der Waals surface area (Å²) in [5.41, 5.74) is 11.4. The van der Waals surface area contributed by atoms with Crippen LogP contribution in [0.4, 0.5) is 0 Å². The quantitative estimate of drug-likeness (QED) is 0.439. The molecular weight excluding hydrogens is 404 g/mol. The fourth-order valence-corrected chi connectivity index (χ4v) is 5.90. The highest BCUT2D eigenvalue weighted by Gasteiger charge is 2.51. The molecule has 4 heterocycles. The molecule has 1 saturated heterocycles. The normalized spacial score (nSPS) is 26.9. The van der Waals surface area contributed by atoms with Crippen LogP contribution < -0.4 is 11.3 Å². The number of carbonyl (C=O) groups is 2. The predicted octanol–water partition coefficient (Wildman–Crippen LogP) is -0.207. The van der Waals surface area contributed by atoms with Gasteiger partial charge in [0.25, 0.3) is 0 Å². The molecule has 0 aromatic heterocycles. The third kappa shape index (κ3) is 2.92. The monoisotopic (exact) mass is 424 g/mol. The number of aliphatic hydroxyl groups is 1. The fraction of sp³-hybridized carbons (Fsp3) is 0.438. The van der Waals surface area contributed by atoms with Gasteiger partial charge in [-0.2, -0.15) is 0 Å². The van der Waals surface area contributed by atoms with Crippen LogP contribution in [-0.4, -0.2) is 72.4 Å². The summed E-state index contributed by atoms with van der Waals surface area (Å²) in [6.45, 7) is 3.63. The number of aliphatic imine (C=N–C) groups is 1. The Bertz CT molecular complexity index is 882. The number of thioether (sulfide) groups is 2. The second kappa shape index (κ2) is 7.12. The van der Waals surface area contributed by atoms with Crippen LogP contribution >= 0.6 is 23.5 Å². The van der Waals surface area contributed by atoms with Gasteiger partial charge >= 0.3 is 5.97 Å². The average Bonchev–Trinajstić information content (AvgIpc) is 3.09. The van der Waals surface area contributed by atoms with E-state index >= 15 is 0 Å². The maximum atomic E-state index is 12.1. The molecule has 4 aliphatic heterocycles. The minimum absolute atomic E-state index is 0.0459. The Hall–Kier alpha value is -1.99. The molecule has 2 atom stereocenters. The molecule has 0 aliphatic carbocycles. The fourth-order valence-electron chi connectivity index (χ4n) is 3.30. The number of aliphatic hydroxyl groups excluding tert-OH is 1. The lowest BCUT2D eigenvalue weighted by atomic mass is 10.0. The molecule has 0 spiro atoms. The summed E-state index contributed by atoms with van der Waals surface area (Å²) < 4.78 is 0. The van der Waals surface area contributed by atoms with Gasteiger partial charge in [-0.25, -0.2) is 14.8 Å². The van der Waals surface area contributed by atoms with E-state index < -0.39 is 12.0 Å². The van der Waals surface area contributed by atoms with Gasteiger partial charge < -0.3 is 15.9 Å². The number of fused-ring (bicyclic) bond motifs is 2. The molecule has 0 saturated carbocycles. The van der Waals surface area contributed by atoms with E-state index in [1.165, 1.54) is 33.4 Å². The lowest BCUT2D eigenvalue weighted by Crippen LogP contribution is -2.68. The largest absolute Gasteiger partial charge is 0.477 e. The van der Waals surface area contributed by atoms with Gasteiger partial charge in [0.05, 0.1) is 11.2 Å². The topological polar surface area (TPSA) is 135 Å². The Balaban J connectivity index is 1.59. The van der Waals surface area contributed by atoms with Crippen LogP contribution in [0.1, 0.15) is 13.8 Å². The molecule has 0 bridgehead atoms. The highest BCUT2D eigenvalue weighted by Crippen LogP contribution is 2.42. The summed E-state index contributed by atoms with van der Waals surface area (Å²) in [5, 5.41) is 22.9. The van der Waals surface area contributed by atoms with Gasteiger partial charge in [0.15, 0.2) is 5.82 Å². The van der Waals surface area contributed by atoms with E-state index in [2.05, 4.69) is 10.5 Å². The number of carboxylic acid groups (broad SMARTS) is 1. The molecule has 1 unspecified atom stereocenters. The molecule has 5 N–H and O–H groups in total. The Morgan fingerprint density at radius 3 is 2.93 bits per heavy atom. The third-order valence-corrected chi connectivity index (χ3v) is 7.52. The van der Waals surface area contributed by atoms with Crippen molar-refractivity contribution in [2.24, 2.45) is 10.7 Å². The Labute approximate surface area is 169 Å². The zero-order valence-corrected chi connectivity index (χ0v) is 16.9. The number of rotatable bonds is 5. The van der Waals surface area contributed by atoms with E-state index in [0.717, 1.165) is 16.3 Å². The molecule has 12 heteroatoms. The Morgan fingerprint density at radius 1 is 1.50 bits per heavy atom. The van der Waals surface area contributed by atoms with Crippen molar-refractivity contribution in [2.75, 3.05) is 18.2 Å². The molecule has 150 valence electrons. The minimum Gasteiger partial charge on any atom is -0.477 e. The van der Waals surface area contributed by atoms with Crippen LogP contribution in [0, 0.1) is 0 Å². The summed E-state index contributed by atoms with van der Waals surface area (Å²) in [6.07, 6.45) is 1.69. The molecule has 0 radical (unpaired) electrons. The molecular formula is C16H20N6O4S2. The summed E-state index contributed by atoms with van der Waals surface area (Å²) in [7, 11) is 0. The van der Waals surface area contributed by atoms with E-state index in [-0.39, 0.29) is 23.7 Å². The first kappa shape index (κ1) is 19.3. The number of nitrogens with zero attached hydrogens (tertiary/aromatic N) is 4. The zero-order valence-electron chi connectivity index (χ0n) is 15.2. The van der Waals surface area contributed by atoms with E-state index in [9.17, 15) is 19.8 Å². The second-order valence-electron chi connectivity index (χ2n) is 6.64. The van der Waals surface area contributed by atoms with Crippen LogP contribution in [0.25, 0.3) is 0 Å². The van der Waals surface area contributed by atoms with Crippen molar-refractivity contribution in [1.29, 1.82) is 0 Å². The van der Waals surface area contributed by atoms with Crippen LogP contribution in [-0.2, 0) is 9.59 Å². The first-order chi connectivity index (χ1) is 13.3. The van der Waals surface area contributed by atoms with E-state index in [1.807, 2.05) is 13.8 Å². The number of allylic oxidation sites excluding steroid dienone is 1. The van der Waals surface area contributed by atoms with Gasteiger partial charge in [-0.3, -0.25) is 14.7 Å². The number of nitrogens with one attached hydrogen (secondary N) is 1. The maximum absolute atomic E-state index is 12.1. The number of hydrogen-bond acceptors (Lipinski definition) is 10. The first-order valence-electron chi connectivity index (χ1n) is 8.54. The van der Waals surface area contributed by atoms with Gasteiger partial charge in [-0.05, 0) is 19.4 Å². The molecule has 0 aromatic rings. The molecule has 1 fully saturated rings. The van der Waals surface area contributed by atoms with Crippen LogP contribution in [0.5, 0.6) is 0 Å². The van der Waals surface area contributed by atoms with Crippen molar-refractivity contribution in [3.8, 4) is 0 Å². The smallest absolute Gasteiger partial charge is 0.352 e. The van der Waals surface area contributed by atoms with Crippen molar-refractivity contribution in [1.82, 2.24) is 20.5 Å². The number of amides is 1. The van der Waals surface area contributed by atoms with Gasteiger partial charge in [0.1, 0.15) is 23.8 Å². The van der Waals surface area contributed by atoms with Crippen LogP contribution in [0.15, 0.2) is 38.9 Å². The minimum atomic E-state index is -1.11. The molecule has 10 nitrogen and oxygen atoms in total. The summed E-state index contributed by atoms with van der Waals surface area (Å²) in [6, 6.07) is -0.637. The zero-order chi connectivity index (χ0) is 20.2. The number of aliphatic carboxylic acids is 1. The van der Waals surface area contributed by atoms with Crippen molar-refractivity contribution in [2.45, 2.75) is 25.3 Å². The van der Waals surface area contributed by atoms with E-state index in [0.29, 0.717) is 22.9 Å². The second-order valence-corrected chi connectivity index (χ2v) is 8.71. The number of hydrazine groups is 2. The third-order valence-electron chi connectivity index (χ3n) is 4.90. The number of β-lactam (4-membered cyclic amide) rings is 1.